The van der Waals surface area contributed by atoms with Crippen LogP contribution < -0.4 is 0 Å². The minimum Gasteiger partial charge on any atom is -0.396 e. The molecule has 0 heterocycles. The third-order valence-corrected chi connectivity index (χ3v) is 3.94. The number of carbonyl (C=O) groups is 1. The van der Waals surface area contributed by atoms with Gasteiger partial charge in [0.2, 0.25) is 0 Å². The molecule has 1 fully saturated rings. The van der Waals surface area contributed by atoms with Crippen LogP contribution in [0, 0.1) is 17.8 Å². The van der Waals surface area contributed by atoms with Crippen LogP contribution in [0.4, 0.5) is 22.0 Å². The zero-order valence-electron chi connectivity index (χ0n) is 11.6. The summed E-state index contributed by atoms with van der Waals surface area (Å²) in [6.45, 7) is 0.148. The molecule has 2 aliphatic carbocycles. The van der Waals surface area contributed by atoms with Crippen LogP contribution in [0.2, 0.25) is 0 Å². The van der Waals surface area contributed by atoms with Gasteiger partial charge in [0.1, 0.15) is 0 Å². The fraction of sp³-hybridized carbons (Fsp3) is 0.769. The summed E-state index contributed by atoms with van der Waals surface area (Å²) in [6, 6.07) is 0. The summed E-state index contributed by atoms with van der Waals surface area (Å²) >= 11 is 0. The lowest BCUT2D eigenvalue weighted by molar-refractivity contribution is -0.473. The number of allylic oxidation sites excluding steroid dienone is 2. The number of aliphatic hydroxyl groups is 1. The summed E-state index contributed by atoms with van der Waals surface area (Å²) in [4.78, 5) is 11.8. The first-order valence-corrected chi connectivity index (χ1v) is 6.74. The van der Waals surface area contributed by atoms with Crippen LogP contribution in [0.15, 0.2) is 12.2 Å². The normalized spacial score (nSPS) is 30.4. The summed E-state index contributed by atoms with van der Waals surface area (Å²) in [5.41, 5.74) is 0. The Morgan fingerprint density at radius 3 is 2.27 bits per heavy atom. The van der Waals surface area contributed by atoms with Crippen LogP contribution in [-0.2, 0) is 14.3 Å². The highest BCUT2D eigenvalue weighted by molar-refractivity contribution is 5.74. The van der Waals surface area contributed by atoms with Crippen molar-refractivity contribution in [3.8, 4) is 0 Å². The molecule has 2 bridgehead atoms. The van der Waals surface area contributed by atoms with Gasteiger partial charge in [-0.05, 0) is 31.6 Å². The van der Waals surface area contributed by atoms with Gasteiger partial charge in [0.15, 0.2) is 0 Å². The topological polar surface area (TPSA) is 55.8 Å². The lowest BCUT2D eigenvalue weighted by Crippen LogP contribution is -2.62. The molecule has 0 aromatic heterocycles. The van der Waals surface area contributed by atoms with Crippen LogP contribution >= 0.6 is 0 Å². The van der Waals surface area contributed by atoms with E-state index in [1.165, 1.54) is 0 Å². The molecule has 4 atom stereocenters. The molecule has 0 saturated heterocycles. The van der Waals surface area contributed by atoms with Gasteiger partial charge in [-0.1, -0.05) is 12.2 Å². The molecule has 1 saturated carbocycles. The molecule has 4 nitrogen and oxygen atoms in total. The Bertz CT molecular complexity index is 476. The molecule has 22 heavy (non-hydrogen) atoms. The van der Waals surface area contributed by atoms with E-state index in [0.717, 1.165) is 6.92 Å². The fourth-order valence-corrected chi connectivity index (χ4v) is 2.86. The summed E-state index contributed by atoms with van der Waals surface area (Å²) in [6.07, 6.45) is -6.75. The van der Waals surface area contributed by atoms with Gasteiger partial charge >= 0.3 is 24.0 Å². The number of rotatable bonds is 5. The zero-order chi connectivity index (χ0) is 16.8. The SMILES string of the molecule is CCOC(O)(C(F)(F)F)C(F)(F)OC(=O)C1CC2C=CC1C2. The Balaban J connectivity index is 2.15. The zero-order valence-corrected chi connectivity index (χ0v) is 11.6. The number of esters is 1. The lowest BCUT2D eigenvalue weighted by Gasteiger charge is -2.35. The van der Waals surface area contributed by atoms with Crippen molar-refractivity contribution in [1.82, 2.24) is 0 Å². The number of alkyl halides is 5. The largest absolute Gasteiger partial charge is 0.466 e. The second-order valence-corrected chi connectivity index (χ2v) is 5.40. The Hall–Kier alpha value is -1.22. The van der Waals surface area contributed by atoms with Gasteiger partial charge in [-0.15, -0.1) is 0 Å². The molecule has 2 aliphatic rings. The first kappa shape index (κ1) is 17.1. The van der Waals surface area contributed by atoms with Crippen LogP contribution in [0.25, 0.3) is 0 Å². The number of halogens is 5. The van der Waals surface area contributed by atoms with Gasteiger partial charge in [0.05, 0.1) is 5.92 Å². The van der Waals surface area contributed by atoms with Crippen molar-refractivity contribution in [3.05, 3.63) is 12.2 Å². The number of ether oxygens (including phenoxy) is 2. The van der Waals surface area contributed by atoms with E-state index in [-0.39, 0.29) is 18.3 Å². The van der Waals surface area contributed by atoms with Gasteiger partial charge in [-0.3, -0.25) is 4.79 Å². The average molecular weight is 330 g/mol. The first-order chi connectivity index (χ1) is 10.0. The van der Waals surface area contributed by atoms with Crippen molar-refractivity contribution in [3.63, 3.8) is 0 Å². The van der Waals surface area contributed by atoms with Gasteiger partial charge in [0.25, 0.3) is 0 Å². The number of hydrogen-bond donors (Lipinski definition) is 1. The predicted octanol–water partition coefficient (Wildman–Crippen LogP) is 2.62. The van der Waals surface area contributed by atoms with E-state index in [2.05, 4.69) is 9.47 Å². The van der Waals surface area contributed by atoms with Gasteiger partial charge in [-0.2, -0.15) is 22.0 Å². The van der Waals surface area contributed by atoms with Crippen molar-refractivity contribution in [2.75, 3.05) is 6.61 Å². The molecule has 2 rings (SSSR count). The van der Waals surface area contributed by atoms with E-state index in [1.807, 2.05) is 6.08 Å². The molecule has 0 amide bonds. The van der Waals surface area contributed by atoms with Crippen LogP contribution in [0.5, 0.6) is 0 Å². The highest BCUT2D eigenvalue weighted by atomic mass is 19.4. The van der Waals surface area contributed by atoms with Crippen molar-refractivity contribution < 1.29 is 41.3 Å². The smallest absolute Gasteiger partial charge is 0.396 e. The van der Waals surface area contributed by atoms with Crippen molar-refractivity contribution in [2.24, 2.45) is 17.8 Å². The molecular formula is C13H15F5O4. The summed E-state index contributed by atoms with van der Waals surface area (Å²) in [5.74, 6) is -7.55. The Morgan fingerprint density at radius 2 is 1.86 bits per heavy atom. The van der Waals surface area contributed by atoms with E-state index in [9.17, 15) is 31.9 Å². The molecule has 0 spiro atoms. The van der Waals surface area contributed by atoms with Crippen molar-refractivity contribution in [2.45, 2.75) is 37.8 Å². The van der Waals surface area contributed by atoms with Crippen LogP contribution in [0.3, 0.4) is 0 Å². The second kappa shape index (κ2) is 5.45. The summed E-state index contributed by atoms with van der Waals surface area (Å²) < 4.78 is 73.1. The second-order valence-electron chi connectivity index (χ2n) is 5.40. The molecule has 0 aromatic carbocycles. The highest BCUT2D eigenvalue weighted by Gasteiger charge is 2.74. The molecule has 0 radical (unpaired) electrons. The maximum Gasteiger partial charge on any atom is 0.466 e. The average Bonchev–Trinajstić information content (AvgIpc) is 2.99. The predicted molar refractivity (Wildman–Crippen MR) is 62.5 cm³/mol. The maximum atomic E-state index is 13.7. The number of hydrogen-bond acceptors (Lipinski definition) is 4. The Morgan fingerprint density at radius 1 is 1.23 bits per heavy atom. The summed E-state index contributed by atoms with van der Waals surface area (Å²) in [7, 11) is 0. The van der Waals surface area contributed by atoms with E-state index in [0.29, 0.717) is 6.42 Å². The molecule has 126 valence electrons. The van der Waals surface area contributed by atoms with E-state index < -0.39 is 36.6 Å². The molecule has 1 N–H and O–H groups in total. The van der Waals surface area contributed by atoms with Crippen LogP contribution in [0.1, 0.15) is 19.8 Å². The molecule has 4 unspecified atom stereocenters. The monoisotopic (exact) mass is 330 g/mol. The number of fused-ring (bicyclic) bond motifs is 2. The van der Waals surface area contributed by atoms with E-state index in [1.54, 1.807) is 6.08 Å². The first-order valence-electron chi connectivity index (χ1n) is 6.74. The molecule has 0 aromatic rings. The third kappa shape index (κ3) is 2.71. The van der Waals surface area contributed by atoms with E-state index >= 15 is 0 Å². The minimum atomic E-state index is -5.83. The number of carbonyl (C=O) groups excluding carboxylic acids is 1. The van der Waals surface area contributed by atoms with Crippen molar-refractivity contribution in [1.29, 1.82) is 0 Å². The van der Waals surface area contributed by atoms with E-state index in [4.69, 9.17) is 0 Å². The molecule has 0 aliphatic heterocycles. The Labute approximate surface area is 122 Å². The molecule has 9 heteroatoms. The van der Waals surface area contributed by atoms with Crippen LogP contribution in [-0.4, -0.2) is 35.8 Å². The lowest BCUT2D eigenvalue weighted by atomic mass is 9.94. The third-order valence-electron chi connectivity index (χ3n) is 3.94. The summed E-state index contributed by atoms with van der Waals surface area (Å²) in [5, 5.41) is 9.21. The standard InChI is InChI=1S/C13H15F5O4/c1-2-21-11(20,12(14,15)16)13(17,18)22-10(19)9-6-7-3-4-8(9)5-7/h3-4,7-9,20H,2,5-6H2,1H3. The molecular weight excluding hydrogens is 315 g/mol. The Kier molecular flexibility index (Phi) is 4.25. The maximum absolute atomic E-state index is 13.7. The quantitative estimate of drug-likeness (QED) is 0.364. The van der Waals surface area contributed by atoms with Gasteiger partial charge in [-0.25, -0.2) is 0 Å². The minimum absolute atomic E-state index is 0.0459. The van der Waals surface area contributed by atoms with Gasteiger partial charge in [0, 0.05) is 6.61 Å². The fourth-order valence-electron chi connectivity index (χ4n) is 2.86. The highest BCUT2D eigenvalue weighted by Crippen LogP contribution is 2.47. The van der Waals surface area contributed by atoms with Crippen molar-refractivity contribution >= 4 is 5.97 Å². The van der Waals surface area contributed by atoms with Gasteiger partial charge < -0.3 is 14.6 Å².